The van der Waals surface area contributed by atoms with Gasteiger partial charge in [0.1, 0.15) is 6.29 Å². The van der Waals surface area contributed by atoms with Crippen molar-refractivity contribution in [3.63, 3.8) is 0 Å². The molecule has 0 aliphatic carbocycles. The van der Waals surface area contributed by atoms with Crippen LogP contribution in [0.5, 0.6) is 0 Å². The van der Waals surface area contributed by atoms with E-state index in [1.807, 2.05) is 28.9 Å². The molecule has 0 spiro atoms. The molecular formula is C13H14N4O. The van der Waals surface area contributed by atoms with E-state index in [1.165, 1.54) is 0 Å². The van der Waals surface area contributed by atoms with Crippen LogP contribution in [0.1, 0.15) is 22.8 Å². The van der Waals surface area contributed by atoms with Crippen molar-refractivity contribution in [1.29, 1.82) is 0 Å². The van der Waals surface area contributed by atoms with Crippen molar-refractivity contribution in [2.75, 3.05) is 13.1 Å². The molecule has 1 aliphatic rings. The average Bonchev–Trinajstić information content (AvgIpc) is 3.09. The van der Waals surface area contributed by atoms with Crippen LogP contribution in [-0.2, 0) is 0 Å². The number of hydrogen-bond donors (Lipinski definition) is 1. The number of aldehydes is 1. The van der Waals surface area contributed by atoms with Crippen molar-refractivity contribution in [3.05, 3.63) is 36.0 Å². The van der Waals surface area contributed by atoms with Crippen molar-refractivity contribution in [2.45, 2.75) is 12.5 Å². The van der Waals surface area contributed by atoms with Crippen LogP contribution >= 0.6 is 0 Å². The zero-order valence-electron chi connectivity index (χ0n) is 9.91. The number of hydrogen-bond acceptors (Lipinski definition) is 4. The van der Waals surface area contributed by atoms with Crippen LogP contribution in [0.3, 0.4) is 0 Å². The summed E-state index contributed by atoms with van der Waals surface area (Å²) < 4.78 is 1.97. The molecule has 1 unspecified atom stereocenters. The average molecular weight is 242 g/mol. The zero-order valence-corrected chi connectivity index (χ0v) is 9.91. The predicted molar refractivity (Wildman–Crippen MR) is 67.4 cm³/mol. The van der Waals surface area contributed by atoms with Crippen LogP contribution in [0.4, 0.5) is 0 Å². The quantitative estimate of drug-likeness (QED) is 0.824. The minimum atomic E-state index is 0.369. The number of rotatable bonds is 3. The molecule has 0 bridgehead atoms. The summed E-state index contributed by atoms with van der Waals surface area (Å²) in [6.07, 6.45) is 3.69. The molecule has 1 N–H and O–H groups in total. The molecular weight excluding hydrogens is 228 g/mol. The first-order chi connectivity index (χ1) is 8.88. The molecule has 0 amide bonds. The second-order valence-electron chi connectivity index (χ2n) is 4.45. The Balaban J connectivity index is 1.95. The highest BCUT2D eigenvalue weighted by molar-refractivity contribution is 5.76. The monoisotopic (exact) mass is 242 g/mol. The molecule has 1 aromatic carbocycles. The van der Waals surface area contributed by atoms with Gasteiger partial charge < -0.3 is 5.32 Å². The third-order valence-electron chi connectivity index (χ3n) is 3.30. The van der Waals surface area contributed by atoms with E-state index in [0.717, 1.165) is 37.1 Å². The van der Waals surface area contributed by atoms with Crippen LogP contribution in [0.15, 0.2) is 30.5 Å². The lowest BCUT2D eigenvalue weighted by Crippen LogP contribution is -2.15. The Hall–Kier alpha value is -2.01. The summed E-state index contributed by atoms with van der Waals surface area (Å²) in [5.74, 6) is 0. The van der Waals surface area contributed by atoms with E-state index >= 15 is 0 Å². The molecule has 1 atom stereocenters. The SMILES string of the molecule is O=Cc1ccc(-c2cnnn2C2CCNC2)cc1. The lowest BCUT2D eigenvalue weighted by atomic mass is 10.1. The number of carbonyl (C=O) groups is 1. The third kappa shape index (κ3) is 1.93. The van der Waals surface area contributed by atoms with Crippen LogP contribution < -0.4 is 5.32 Å². The van der Waals surface area contributed by atoms with E-state index in [-0.39, 0.29) is 0 Å². The van der Waals surface area contributed by atoms with Gasteiger partial charge in [0.15, 0.2) is 0 Å². The Morgan fingerprint density at radius 1 is 1.33 bits per heavy atom. The maximum atomic E-state index is 10.6. The fourth-order valence-electron chi connectivity index (χ4n) is 2.30. The Morgan fingerprint density at radius 3 is 2.83 bits per heavy atom. The van der Waals surface area contributed by atoms with Gasteiger partial charge in [-0.05, 0) is 13.0 Å². The first-order valence-corrected chi connectivity index (χ1v) is 6.05. The zero-order chi connectivity index (χ0) is 12.4. The van der Waals surface area contributed by atoms with Gasteiger partial charge in [-0.3, -0.25) is 4.79 Å². The standard InChI is InChI=1S/C13H14N4O/c18-9-10-1-3-11(4-2-10)13-8-15-16-17(13)12-5-6-14-7-12/h1-4,8-9,12,14H,5-7H2. The molecule has 92 valence electrons. The van der Waals surface area contributed by atoms with E-state index < -0.39 is 0 Å². The van der Waals surface area contributed by atoms with Gasteiger partial charge >= 0.3 is 0 Å². The van der Waals surface area contributed by atoms with Crippen molar-refractivity contribution < 1.29 is 4.79 Å². The first-order valence-electron chi connectivity index (χ1n) is 6.05. The highest BCUT2D eigenvalue weighted by Gasteiger charge is 2.20. The van der Waals surface area contributed by atoms with Crippen LogP contribution in [0.25, 0.3) is 11.3 Å². The summed E-state index contributed by atoms with van der Waals surface area (Å²) >= 11 is 0. The van der Waals surface area contributed by atoms with Gasteiger partial charge in [0.2, 0.25) is 0 Å². The predicted octanol–water partition coefficient (Wildman–Crippen LogP) is 1.29. The Bertz CT molecular complexity index is 540. The van der Waals surface area contributed by atoms with Crippen molar-refractivity contribution in [2.24, 2.45) is 0 Å². The minimum Gasteiger partial charge on any atom is -0.315 e. The molecule has 2 heterocycles. The van der Waals surface area contributed by atoms with Crippen molar-refractivity contribution in [3.8, 4) is 11.3 Å². The Kier molecular flexibility index (Phi) is 2.90. The topological polar surface area (TPSA) is 59.8 Å². The van der Waals surface area contributed by atoms with E-state index in [9.17, 15) is 4.79 Å². The van der Waals surface area contributed by atoms with Crippen LogP contribution in [-0.4, -0.2) is 34.4 Å². The Morgan fingerprint density at radius 2 is 2.17 bits per heavy atom. The minimum absolute atomic E-state index is 0.369. The summed E-state index contributed by atoms with van der Waals surface area (Å²) in [5, 5.41) is 11.5. The maximum absolute atomic E-state index is 10.6. The van der Waals surface area contributed by atoms with Crippen molar-refractivity contribution >= 4 is 6.29 Å². The van der Waals surface area contributed by atoms with Gasteiger partial charge in [-0.15, -0.1) is 5.10 Å². The van der Waals surface area contributed by atoms with Gasteiger partial charge in [-0.1, -0.05) is 29.5 Å². The molecule has 2 aromatic rings. The summed E-state index contributed by atoms with van der Waals surface area (Å²) in [6.45, 7) is 1.96. The molecule has 1 saturated heterocycles. The van der Waals surface area contributed by atoms with Crippen LogP contribution in [0, 0.1) is 0 Å². The normalized spacial score (nSPS) is 19.0. The third-order valence-corrected chi connectivity index (χ3v) is 3.30. The molecule has 3 rings (SSSR count). The molecule has 18 heavy (non-hydrogen) atoms. The van der Waals surface area contributed by atoms with E-state index in [4.69, 9.17) is 0 Å². The van der Waals surface area contributed by atoms with Gasteiger partial charge in [-0.25, -0.2) is 4.68 Å². The lowest BCUT2D eigenvalue weighted by Gasteiger charge is -2.12. The smallest absolute Gasteiger partial charge is 0.150 e. The second-order valence-corrected chi connectivity index (χ2v) is 4.45. The molecule has 1 aromatic heterocycles. The Labute approximate surface area is 105 Å². The van der Waals surface area contributed by atoms with E-state index in [2.05, 4.69) is 15.6 Å². The summed E-state index contributed by atoms with van der Waals surface area (Å²) in [5.41, 5.74) is 2.72. The summed E-state index contributed by atoms with van der Waals surface area (Å²) in [4.78, 5) is 10.6. The fraction of sp³-hybridized carbons (Fsp3) is 0.308. The van der Waals surface area contributed by atoms with Crippen LogP contribution in [0.2, 0.25) is 0 Å². The summed E-state index contributed by atoms with van der Waals surface area (Å²) in [7, 11) is 0. The summed E-state index contributed by atoms with van der Waals surface area (Å²) in [6, 6.07) is 7.86. The highest BCUT2D eigenvalue weighted by atomic mass is 16.1. The number of aromatic nitrogens is 3. The number of benzene rings is 1. The number of nitrogens with zero attached hydrogens (tertiary/aromatic N) is 3. The number of nitrogens with one attached hydrogen (secondary N) is 1. The number of carbonyl (C=O) groups excluding carboxylic acids is 1. The largest absolute Gasteiger partial charge is 0.315 e. The maximum Gasteiger partial charge on any atom is 0.150 e. The van der Waals surface area contributed by atoms with E-state index in [0.29, 0.717) is 11.6 Å². The molecule has 0 saturated carbocycles. The van der Waals surface area contributed by atoms with Gasteiger partial charge in [-0.2, -0.15) is 0 Å². The molecule has 5 nitrogen and oxygen atoms in total. The van der Waals surface area contributed by atoms with Gasteiger partial charge in [0.05, 0.1) is 17.9 Å². The van der Waals surface area contributed by atoms with Gasteiger partial charge in [0, 0.05) is 17.7 Å². The van der Waals surface area contributed by atoms with Gasteiger partial charge in [0.25, 0.3) is 0 Å². The fourth-order valence-corrected chi connectivity index (χ4v) is 2.30. The first kappa shape index (κ1) is 11.1. The molecule has 1 fully saturated rings. The second kappa shape index (κ2) is 4.70. The lowest BCUT2D eigenvalue weighted by molar-refractivity contribution is 0.112. The molecule has 1 aliphatic heterocycles. The highest BCUT2D eigenvalue weighted by Crippen LogP contribution is 2.24. The van der Waals surface area contributed by atoms with E-state index in [1.54, 1.807) is 6.20 Å². The molecule has 0 radical (unpaired) electrons. The van der Waals surface area contributed by atoms with Crippen molar-refractivity contribution in [1.82, 2.24) is 20.3 Å². The molecule has 5 heteroatoms.